The van der Waals surface area contributed by atoms with E-state index in [9.17, 15) is 26.3 Å². The van der Waals surface area contributed by atoms with Crippen molar-refractivity contribution in [2.75, 3.05) is 12.4 Å². The smallest absolute Gasteiger partial charge is 0.416 e. The van der Waals surface area contributed by atoms with Crippen LogP contribution in [0, 0.1) is 0 Å². The SMILES string of the molecule is COc1ccc(CNc2ccc3c(c2)C(OCc2ccccc2)C(OCc2cc(C(F)(F)F)cc(C(F)(F)F)c2)C(C)(C)O3)cc1. The van der Waals surface area contributed by atoms with Crippen LogP contribution in [0.3, 0.4) is 0 Å². The fourth-order valence-corrected chi connectivity index (χ4v) is 5.30. The molecule has 0 bridgehead atoms. The third kappa shape index (κ3) is 7.94. The van der Waals surface area contributed by atoms with Gasteiger partial charge in [-0.1, -0.05) is 42.5 Å². The van der Waals surface area contributed by atoms with Gasteiger partial charge < -0.3 is 24.3 Å². The molecule has 0 spiro atoms. The van der Waals surface area contributed by atoms with Crippen molar-refractivity contribution >= 4 is 5.69 Å². The summed E-state index contributed by atoms with van der Waals surface area (Å²) in [6.07, 6.45) is -11.6. The molecule has 1 N–H and O–H groups in total. The second kappa shape index (κ2) is 13.3. The summed E-state index contributed by atoms with van der Waals surface area (Å²) in [5, 5.41) is 3.37. The highest BCUT2D eigenvalue weighted by atomic mass is 19.4. The Morgan fingerprint density at radius 1 is 0.717 bits per heavy atom. The molecule has 1 aliphatic heterocycles. The lowest BCUT2D eigenvalue weighted by Gasteiger charge is -2.44. The lowest BCUT2D eigenvalue weighted by Crippen LogP contribution is -2.51. The molecule has 0 fully saturated rings. The summed E-state index contributed by atoms with van der Waals surface area (Å²) in [5.74, 6) is 1.26. The van der Waals surface area contributed by atoms with Gasteiger partial charge in [-0.3, -0.25) is 0 Å². The number of alkyl halides is 6. The highest BCUT2D eigenvalue weighted by Crippen LogP contribution is 2.45. The van der Waals surface area contributed by atoms with E-state index in [2.05, 4.69) is 5.32 Å². The zero-order valence-corrected chi connectivity index (χ0v) is 25.3. The Labute approximate surface area is 263 Å². The third-order valence-electron chi connectivity index (χ3n) is 7.65. The second-order valence-electron chi connectivity index (χ2n) is 11.5. The standard InChI is InChI=1S/C35H33F6NO4/c1-33(2)32(45-21-24-15-25(34(36,37)38)17-26(16-24)35(39,40)41)31(44-20-23-7-5-4-6-8-23)29-18-27(11-14-30(29)46-33)42-19-22-9-12-28(43-3)13-10-22/h4-18,31-32,42H,19-21H2,1-3H3. The van der Waals surface area contributed by atoms with Crippen LogP contribution in [-0.4, -0.2) is 18.8 Å². The first-order valence-electron chi connectivity index (χ1n) is 14.5. The normalized spacial score (nSPS) is 17.6. The first kappa shape index (κ1) is 33.2. The monoisotopic (exact) mass is 645 g/mol. The van der Waals surface area contributed by atoms with E-state index in [0.29, 0.717) is 30.0 Å². The first-order valence-corrected chi connectivity index (χ1v) is 14.5. The maximum absolute atomic E-state index is 13.5. The molecule has 0 radical (unpaired) electrons. The van der Waals surface area contributed by atoms with Crippen molar-refractivity contribution in [3.63, 3.8) is 0 Å². The Bertz CT molecular complexity index is 1590. The Balaban J connectivity index is 1.45. The maximum atomic E-state index is 13.5. The Kier molecular flexibility index (Phi) is 9.55. The Morgan fingerprint density at radius 3 is 1.96 bits per heavy atom. The van der Waals surface area contributed by atoms with E-state index in [1.165, 1.54) is 0 Å². The van der Waals surface area contributed by atoms with Crippen molar-refractivity contribution in [1.29, 1.82) is 0 Å². The van der Waals surface area contributed by atoms with E-state index in [1.54, 1.807) is 27.0 Å². The molecule has 2 atom stereocenters. The second-order valence-corrected chi connectivity index (χ2v) is 11.5. The van der Waals surface area contributed by atoms with E-state index in [1.807, 2.05) is 66.7 Å². The molecule has 0 saturated heterocycles. The number of methoxy groups -OCH3 is 1. The third-order valence-corrected chi connectivity index (χ3v) is 7.65. The quantitative estimate of drug-likeness (QED) is 0.174. The summed E-state index contributed by atoms with van der Waals surface area (Å²) in [6.45, 7) is 3.61. The van der Waals surface area contributed by atoms with Gasteiger partial charge in [-0.2, -0.15) is 26.3 Å². The number of fused-ring (bicyclic) bond motifs is 1. The van der Waals surface area contributed by atoms with E-state index in [4.69, 9.17) is 18.9 Å². The van der Waals surface area contributed by atoms with Gasteiger partial charge in [0, 0.05) is 17.8 Å². The van der Waals surface area contributed by atoms with E-state index in [0.717, 1.165) is 22.6 Å². The van der Waals surface area contributed by atoms with Gasteiger partial charge in [0.2, 0.25) is 0 Å². The number of anilines is 1. The number of benzene rings is 4. The lowest BCUT2D eigenvalue weighted by atomic mass is 9.87. The van der Waals surface area contributed by atoms with Crippen LogP contribution >= 0.6 is 0 Å². The molecule has 0 aliphatic carbocycles. The molecule has 1 aliphatic rings. The molecule has 244 valence electrons. The minimum Gasteiger partial charge on any atom is -0.497 e. The molecular weight excluding hydrogens is 612 g/mol. The van der Waals surface area contributed by atoms with Crippen molar-refractivity contribution in [2.24, 2.45) is 0 Å². The van der Waals surface area contributed by atoms with Gasteiger partial charge in [0.25, 0.3) is 0 Å². The summed E-state index contributed by atoms with van der Waals surface area (Å²) in [5.41, 5.74) is -0.911. The maximum Gasteiger partial charge on any atom is 0.416 e. The minimum absolute atomic E-state index is 0.0969. The molecule has 5 rings (SSSR count). The number of hydrogen-bond acceptors (Lipinski definition) is 5. The Morgan fingerprint density at radius 2 is 1.35 bits per heavy atom. The van der Waals surface area contributed by atoms with Crippen LogP contribution in [0.2, 0.25) is 0 Å². The minimum atomic E-state index is -4.97. The van der Waals surface area contributed by atoms with Crippen molar-refractivity contribution in [3.05, 3.63) is 124 Å². The summed E-state index contributed by atoms with van der Waals surface area (Å²) >= 11 is 0. The van der Waals surface area contributed by atoms with E-state index in [-0.39, 0.29) is 18.2 Å². The summed E-state index contributed by atoms with van der Waals surface area (Å²) in [4.78, 5) is 0. The highest BCUT2D eigenvalue weighted by Gasteiger charge is 2.46. The number of rotatable bonds is 10. The van der Waals surface area contributed by atoms with Crippen molar-refractivity contribution < 1.29 is 45.3 Å². The van der Waals surface area contributed by atoms with Gasteiger partial charge in [0.1, 0.15) is 29.3 Å². The van der Waals surface area contributed by atoms with Crippen LogP contribution in [0.4, 0.5) is 32.0 Å². The van der Waals surface area contributed by atoms with Crippen molar-refractivity contribution in [3.8, 4) is 11.5 Å². The molecule has 0 amide bonds. The fourth-order valence-electron chi connectivity index (χ4n) is 5.30. The molecule has 5 nitrogen and oxygen atoms in total. The van der Waals surface area contributed by atoms with E-state index >= 15 is 0 Å². The van der Waals surface area contributed by atoms with Gasteiger partial charge in [0.15, 0.2) is 0 Å². The number of ether oxygens (including phenoxy) is 4. The molecule has 11 heteroatoms. The van der Waals surface area contributed by atoms with Crippen LogP contribution in [0.25, 0.3) is 0 Å². The summed E-state index contributed by atoms with van der Waals surface area (Å²) in [6, 6.07) is 23.9. The van der Waals surface area contributed by atoms with Crippen LogP contribution in [0.15, 0.2) is 91.0 Å². The largest absolute Gasteiger partial charge is 0.497 e. The zero-order valence-electron chi connectivity index (χ0n) is 25.3. The van der Waals surface area contributed by atoms with Gasteiger partial charge in [0.05, 0.1) is 31.5 Å². The van der Waals surface area contributed by atoms with Gasteiger partial charge in [-0.05, 0) is 79.1 Å². The summed E-state index contributed by atoms with van der Waals surface area (Å²) < 4.78 is 105. The van der Waals surface area contributed by atoms with Gasteiger partial charge in [-0.15, -0.1) is 0 Å². The van der Waals surface area contributed by atoms with Gasteiger partial charge in [-0.25, -0.2) is 0 Å². The number of halogens is 6. The number of nitrogens with one attached hydrogen (secondary N) is 1. The van der Waals surface area contributed by atoms with Crippen LogP contribution in [0.5, 0.6) is 11.5 Å². The van der Waals surface area contributed by atoms with E-state index < -0.39 is 47.9 Å². The number of hydrogen-bond donors (Lipinski definition) is 1. The molecular formula is C35H33F6NO4. The van der Waals surface area contributed by atoms with Crippen molar-refractivity contribution in [2.45, 2.75) is 63.8 Å². The predicted octanol–water partition coefficient (Wildman–Crippen LogP) is 9.36. The molecule has 0 aromatic heterocycles. The van der Waals surface area contributed by atoms with Gasteiger partial charge >= 0.3 is 12.4 Å². The van der Waals surface area contributed by atoms with Crippen LogP contribution in [0.1, 0.15) is 53.3 Å². The first-order chi connectivity index (χ1) is 21.7. The molecule has 46 heavy (non-hydrogen) atoms. The van der Waals surface area contributed by atoms with Crippen molar-refractivity contribution in [1.82, 2.24) is 0 Å². The highest BCUT2D eigenvalue weighted by molar-refractivity contribution is 5.54. The zero-order chi connectivity index (χ0) is 33.1. The molecule has 1 heterocycles. The molecule has 0 saturated carbocycles. The Hall–Kier alpha value is -4.22. The molecule has 2 unspecified atom stereocenters. The fraction of sp³-hybridized carbons (Fsp3) is 0.314. The van der Waals surface area contributed by atoms with Crippen LogP contribution in [-0.2, 0) is 41.6 Å². The summed E-state index contributed by atoms with van der Waals surface area (Å²) in [7, 11) is 1.59. The topological polar surface area (TPSA) is 49.0 Å². The van der Waals surface area contributed by atoms with Crippen LogP contribution < -0.4 is 14.8 Å². The molecule has 4 aromatic rings. The average Bonchev–Trinajstić information content (AvgIpc) is 3.01. The lowest BCUT2D eigenvalue weighted by molar-refractivity contribution is -0.171. The molecule has 4 aromatic carbocycles. The average molecular weight is 646 g/mol. The predicted molar refractivity (Wildman–Crippen MR) is 160 cm³/mol.